The van der Waals surface area contributed by atoms with Gasteiger partial charge in [0, 0.05) is 5.56 Å². The van der Waals surface area contributed by atoms with E-state index < -0.39 is 6.03 Å². The Labute approximate surface area is 155 Å². The molecule has 27 heavy (non-hydrogen) atoms. The first-order valence-electron chi connectivity index (χ1n) is 8.30. The summed E-state index contributed by atoms with van der Waals surface area (Å²) in [5, 5.41) is 4.82. The molecule has 0 aliphatic carbocycles. The Bertz CT molecular complexity index is 1130. The number of nitrogens with two attached hydrogens (primary N) is 2. The lowest BCUT2D eigenvalue weighted by Crippen LogP contribution is -2.31. The molecule has 0 radical (unpaired) electrons. The van der Waals surface area contributed by atoms with Gasteiger partial charge in [0.05, 0.1) is 34.8 Å². The molecular formula is C20H17N5O2. The summed E-state index contributed by atoms with van der Waals surface area (Å²) in [5.74, 6) is 0. The molecule has 4 aromatic rings. The molecule has 0 aliphatic heterocycles. The van der Waals surface area contributed by atoms with E-state index in [1.807, 2.05) is 43.3 Å². The molecule has 2 aromatic carbocycles. The van der Waals surface area contributed by atoms with Gasteiger partial charge in [0.25, 0.3) is 0 Å². The van der Waals surface area contributed by atoms with Gasteiger partial charge in [0.1, 0.15) is 5.69 Å². The first kappa shape index (κ1) is 16.6. The highest BCUT2D eigenvalue weighted by Gasteiger charge is 2.17. The maximum atomic E-state index is 12.0. The molecule has 4 rings (SSSR count). The van der Waals surface area contributed by atoms with Gasteiger partial charge in [-0.05, 0) is 36.8 Å². The lowest BCUT2D eigenvalue weighted by Gasteiger charge is -2.21. The van der Waals surface area contributed by atoms with Crippen molar-refractivity contribution in [3.8, 4) is 11.3 Å². The van der Waals surface area contributed by atoms with Gasteiger partial charge in [-0.1, -0.05) is 29.4 Å². The number of pyridine rings is 1. The number of fused-ring (bicyclic) bond motifs is 1. The molecule has 2 amide bonds. The second-order valence-electron chi connectivity index (χ2n) is 6.19. The number of nitrogens with zero attached hydrogens (tertiary/aromatic N) is 3. The fraction of sp³-hybridized carbons (Fsp3) is 0.0500. The van der Waals surface area contributed by atoms with Crippen LogP contribution in [0.15, 0.2) is 65.4 Å². The Balaban J connectivity index is 1.75. The third-order valence-corrected chi connectivity index (χ3v) is 4.29. The van der Waals surface area contributed by atoms with Gasteiger partial charge in [-0.15, -0.1) is 0 Å². The largest absolute Gasteiger partial charge is 0.397 e. The summed E-state index contributed by atoms with van der Waals surface area (Å²) in [4.78, 5) is 17.5. The van der Waals surface area contributed by atoms with Crippen LogP contribution in [0.4, 0.5) is 21.9 Å². The Morgan fingerprint density at radius 1 is 1.07 bits per heavy atom. The number of anilines is 3. The SMILES string of the molecule is Cc1cccc(N(C(N)=O)c2ccc(-c3noc4cncc(N)c34)cc2)c1. The van der Waals surface area contributed by atoms with Crippen LogP contribution in [0.2, 0.25) is 0 Å². The van der Waals surface area contributed by atoms with Gasteiger partial charge >= 0.3 is 6.03 Å². The van der Waals surface area contributed by atoms with Crippen molar-refractivity contribution < 1.29 is 9.32 Å². The van der Waals surface area contributed by atoms with Crippen molar-refractivity contribution in [1.29, 1.82) is 0 Å². The van der Waals surface area contributed by atoms with Gasteiger partial charge in [-0.3, -0.25) is 9.88 Å². The standard InChI is InChI=1S/C20H17N5O2/c1-12-3-2-4-15(9-12)25(20(22)26)14-7-5-13(6-8-14)19-18-16(21)10-23-11-17(18)27-24-19/h2-11H,21H2,1H3,(H2,22,26). The van der Waals surface area contributed by atoms with Crippen molar-refractivity contribution >= 4 is 34.1 Å². The zero-order valence-electron chi connectivity index (χ0n) is 14.6. The first-order valence-corrected chi connectivity index (χ1v) is 8.30. The molecule has 0 aliphatic rings. The fourth-order valence-electron chi connectivity index (χ4n) is 3.06. The number of urea groups is 1. The fourth-order valence-corrected chi connectivity index (χ4v) is 3.06. The highest BCUT2D eigenvalue weighted by atomic mass is 16.5. The molecule has 7 nitrogen and oxygen atoms in total. The molecule has 2 heterocycles. The number of amides is 2. The van der Waals surface area contributed by atoms with Crippen LogP contribution in [0, 0.1) is 6.92 Å². The van der Waals surface area contributed by atoms with Crippen molar-refractivity contribution in [2.75, 3.05) is 10.6 Å². The number of rotatable bonds is 3. The summed E-state index contributed by atoms with van der Waals surface area (Å²) in [6.45, 7) is 1.96. The monoisotopic (exact) mass is 359 g/mol. The number of benzene rings is 2. The van der Waals surface area contributed by atoms with E-state index >= 15 is 0 Å². The zero-order valence-corrected chi connectivity index (χ0v) is 14.6. The molecule has 4 N–H and O–H groups in total. The molecule has 7 heteroatoms. The molecule has 0 bridgehead atoms. The quantitative estimate of drug-likeness (QED) is 0.574. The normalized spacial score (nSPS) is 10.9. The summed E-state index contributed by atoms with van der Waals surface area (Å²) < 4.78 is 5.31. The van der Waals surface area contributed by atoms with Crippen molar-refractivity contribution in [3.05, 3.63) is 66.5 Å². The average molecular weight is 359 g/mol. The highest BCUT2D eigenvalue weighted by Crippen LogP contribution is 2.33. The molecule has 0 unspecified atom stereocenters. The minimum Gasteiger partial charge on any atom is -0.397 e. The number of hydrogen-bond donors (Lipinski definition) is 2. The number of hydrogen-bond acceptors (Lipinski definition) is 5. The Morgan fingerprint density at radius 3 is 2.56 bits per heavy atom. The van der Waals surface area contributed by atoms with Crippen molar-refractivity contribution in [2.45, 2.75) is 6.92 Å². The maximum Gasteiger partial charge on any atom is 0.323 e. The van der Waals surface area contributed by atoms with Crippen LogP contribution in [-0.2, 0) is 0 Å². The molecule has 0 saturated heterocycles. The Kier molecular flexibility index (Phi) is 3.97. The van der Waals surface area contributed by atoms with Crippen LogP contribution in [0.5, 0.6) is 0 Å². The van der Waals surface area contributed by atoms with Crippen LogP contribution in [-0.4, -0.2) is 16.2 Å². The van der Waals surface area contributed by atoms with E-state index in [9.17, 15) is 4.79 Å². The van der Waals surface area contributed by atoms with E-state index in [1.54, 1.807) is 24.5 Å². The Hall–Kier alpha value is -3.87. The number of nitrogen functional groups attached to an aromatic ring is 1. The number of carbonyl (C=O) groups excluding carboxylic acids is 1. The van der Waals surface area contributed by atoms with Gasteiger partial charge in [-0.2, -0.15) is 0 Å². The first-order chi connectivity index (χ1) is 13.0. The zero-order chi connectivity index (χ0) is 19.0. The third-order valence-electron chi connectivity index (χ3n) is 4.29. The topological polar surface area (TPSA) is 111 Å². The van der Waals surface area contributed by atoms with Gasteiger partial charge in [-0.25, -0.2) is 4.79 Å². The number of primary amides is 1. The number of aryl methyl sites for hydroxylation is 1. The van der Waals surface area contributed by atoms with E-state index in [-0.39, 0.29) is 0 Å². The molecule has 0 atom stereocenters. The third kappa shape index (κ3) is 2.95. The van der Waals surface area contributed by atoms with Crippen LogP contribution in [0.1, 0.15) is 5.56 Å². The van der Waals surface area contributed by atoms with Crippen molar-refractivity contribution in [1.82, 2.24) is 10.1 Å². The van der Waals surface area contributed by atoms with E-state index in [0.29, 0.717) is 33.7 Å². The lowest BCUT2D eigenvalue weighted by molar-refractivity contribution is 0.256. The number of aromatic nitrogens is 2. The van der Waals surface area contributed by atoms with E-state index in [1.165, 1.54) is 4.90 Å². The van der Waals surface area contributed by atoms with Crippen molar-refractivity contribution in [2.24, 2.45) is 5.73 Å². The highest BCUT2D eigenvalue weighted by molar-refractivity contribution is 6.01. The van der Waals surface area contributed by atoms with Crippen LogP contribution in [0.3, 0.4) is 0 Å². The second kappa shape index (κ2) is 6.45. The minimum atomic E-state index is -0.560. The Morgan fingerprint density at radius 2 is 1.85 bits per heavy atom. The number of carbonyl (C=O) groups is 1. The minimum absolute atomic E-state index is 0.492. The summed E-state index contributed by atoms with van der Waals surface area (Å²) in [7, 11) is 0. The molecule has 2 aromatic heterocycles. The molecule has 0 spiro atoms. The molecule has 0 fully saturated rings. The van der Waals surface area contributed by atoms with E-state index in [0.717, 1.165) is 11.1 Å². The average Bonchev–Trinajstić information content (AvgIpc) is 3.08. The van der Waals surface area contributed by atoms with Gasteiger partial charge < -0.3 is 16.0 Å². The lowest BCUT2D eigenvalue weighted by atomic mass is 10.1. The molecular weight excluding hydrogens is 342 g/mol. The van der Waals surface area contributed by atoms with Crippen LogP contribution in [0.25, 0.3) is 22.2 Å². The molecule has 0 saturated carbocycles. The summed E-state index contributed by atoms with van der Waals surface area (Å²) in [6.07, 6.45) is 3.13. The van der Waals surface area contributed by atoms with E-state index in [4.69, 9.17) is 16.0 Å². The summed E-state index contributed by atoms with van der Waals surface area (Å²) >= 11 is 0. The molecule has 134 valence electrons. The summed E-state index contributed by atoms with van der Waals surface area (Å²) in [5.41, 5.74) is 16.5. The summed E-state index contributed by atoms with van der Waals surface area (Å²) in [6, 6.07) is 14.3. The van der Waals surface area contributed by atoms with Crippen molar-refractivity contribution in [3.63, 3.8) is 0 Å². The maximum absolute atomic E-state index is 12.0. The predicted molar refractivity (Wildman–Crippen MR) is 105 cm³/mol. The van der Waals surface area contributed by atoms with E-state index in [2.05, 4.69) is 10.1 Å². The van der Waals surface area contributed by atoms with Gasteiger partial charge in [0.15, 0.2) is 5.58 Å². The van der Waals surface area contributed by atoms with Gasteiger partial charge in [0.2, 0.25) is 0 Å². The second-order valence-corrected chi connectivity index (χ2v) is 6.19. The predicted octanol–water partition coefficient (Wildman–Crippen LogP) is 4.00. The van der Waals surface area contributed by atoms with Crippen LogP contribution >= 0.6 is 0 Å². The van der Waals surface area contributed by atoms with Crippen LogP contribution < -0.4 is 16.4 Å². The smallest absolute Gasteiger partial charge is 0.323 e.